The van der Waals surface area contributed by atoms with Gasteiger partial charge in [-0.15, -0.1) is 11.8 Å². The highest BCUT2D eigenvalue weighted by atomic mass is 32.2. The fourth-order valence-corrected chi connectivity index (χ4v) is 4.22. The standard InChI is InChI=1S/C25H19NO5S/c27-22(15-31-23(28)12-13-32-17-6-2-1-3-7-17)26-16-10-11-20-21(14-16)25(30)19-9-5-4-8-18(19)24(20)29/h1-11,14H,12-13,15H2,(H,26,27). The van der Waals surface area contributed by atoms with Gasteiger partial charge in [-0.2, -0.15) is 0 Å². The third-order valence-corrected chi connectivity index (χ3v) is 5.91. The van der Waals surface area contributed by atoms with Gasteiger partial charge in [0, 0.05) is 38.6 Å². The molecule has 1 N–H and O–H groups in total. The van der Waals surface area contributed by atoms with E-state index >= 15 is 0 Å². The highest BCUT2D eigenvalue weighted by Crippen LogP contribution is 2.29. The minimum absolute atomic E-state index is 0.182. The van der Waals surface area contributed by atoms with E-state index in [4.69, 9.17) is 4.74 Å². The second-order valence-corrected chi connectivity index (χ2v) is 8.25. The Kier molecular flexibility index (Phi) is 6.47. The van der Waals surface area contributed by atoms with Crippen molar-refractivity contribution in [1.29, 1.82) is 0 Å². The molecule has 0 spiro atoms. The van der Waals surface area contributed by atoms with E-state index in [0.717, 1.165) is 4.90 Å². The monoisotopic (exact) mass is 445 g/mol. The summed E-state index contributed by atoms with van der Waals surface area (Å²) in [4.78, 5) is 50.5. The molecule has 1 aliphatic carbocycles. The summed E-state index contributed by atoms with van der Waals surface area (Å²) in [5.74, 6) is -0.938. The Morgan fingerprint density at radius 2 is 1.41 bits per heavy atom. The normalized spacial score (nSPS) is 12.0. The molecule has 4 rings (SSSR count). The number of ether oxygens (including phenoxy) is 1. The number of ketones is 2. The highest BCUT2D eigenvalue weighted by molar-refractivity contribution is 7.99. The molecule has 3 aromatic carbocycles. The van der Waals surface area contributed by atoms with Gasteiger partial charge in [-0.05, 0) is 30.3 Å². The van der Waals surface area contributed by atoms with E-state index in [9.17, 15) is 19.2 Å². The number of hydrogen-bond donors (Lipinski definition) is 1. The van der Waals surface area contributed by atoms with Crippen LogP contribution < -0.4 is 5.32 Å². The van der Waals surface area contributed by atoms with Crippen LogP contribution in [0.3, 0.4) is 0 Å². The third kappa shape index (κ3) is 4.78. The summed E-state index contributed by atoms with van der Waals surface area (Å²) in [7, 11) is 0. The molecule has 0 fully saturated rings. The maximum atomic E-state index is 12.8. The molecule has 7 heteroatoms. The minimum atomic E-state index is -0.524. The molecule has 0 unspecified atom stereocenters. The second-order valence-electron chi connectivity index (χ2n) is 7.08. The van der Waals surface area contributed by atoms with Crippen molar-refractivity contribution in [2.24, 2.45) is 0 Å². The molecule has 0 radical (unpaired) electrons. The average molecular weight is 445 g/mol. The van der Waals surface area contributed by atoms with Gasteiger partial charge < -0.3 is 10.1 Å². The van der Waals surface area contributed by atoms with Crippen LogP contribution in [0.15, 0.2) is 77.7 Å². The van der Waals surface area contributed by atoms with Crippen molar-refractivity contribution in [1.82, 2.24) is 0 Å². The Morgan fingerprint density at radius 1 is 0.781 bits per heavy atom. The number of carbonyl (C=O) groups is 4. The zero-order valence-corrected chi connectivity index (χ0v) is 17.8. The lowest BCUT2D eigenvalue weighted by Crippen LogP contribution is -2.23. The van der Waals surface area contributed by atoms with E-state index in [1.54, 1.807) is 30.3 Å². The van der Waals surface area contributed by atoms with Crippen molar-refractivity contribution in [3.63, 3.8) is 0 Å². The third-order valence-electron chi connectivity index (χ3n) is 4.89. The lowest BCUT2D eigenvalue weighted by Gasteiger charge is -2.18. The van der Waals surface area contributed by atoms with Gasteiger partial charge >= 0.3 is 5.97 Å². The van der Waals surface area contributed by atoms with Crippen LogP contribution in [0.25, 0.3) is 0 Å². The van der Waals surface area contributed by atoms with E-state index in [1.807, 2.05) is 30.3 Å². The Morgan fingerprint density at radius 3 is 2.12 bits per heavy atom. The van der Waals surface area contributed by atoms with Gasteiger partial charge in [0.1, 0.15) is 0 Å². The summed E-state index contributed by atoms with van der Waals surface area (Å²) in [6, 6.07) is 20.9. The molecule has 0 atom stereocenters. The minimum Gasteiger partial charge on any atom is -0.456 e. The van der Waals surface area contributed by atoms with Gasteiger partial charge in [0.25, 0.3) is 5.91 Å². The lowest BCUT2D eigenvalue weighted by atomic mass is 9.84. The van der Waals surface area contributed by atoms with Crippen molar-refractivity contribution in [3.05, 3.63) is 95.1 Å². The van der Waals surface area contributed by atoms with E-state index < -0.39 is 18.5 Å². The molecule has 0 heterocycles. The van der Waals surface area contributed by atoms with E-state index in [0.29, 0.717) is 28.1 Å². The maximum absolute atomic E-state index is 12.8. The van der Waals surface area contributed by atoms with Crippen LogP contribution in [0.2, 0.25) is 0 Å². The molecule has 1 amide bonds. The number of anilines is 1. The number of benzene rings is 3. The Balaban J connectivity index is 1.31. The molecule has 0 saturated carbocycles. The topological polar surface area (TPSA) is 89.5 Å². The van der Waals surface area contributed by atoms with Gasteiger partial charge in [-0.3, -0.25) is 19.2 Å². The summed E-state index contributed by atoms with van der Waals surface area (Å²) in [5, 5.41) is 2.60. The van der Waals surface area contributed by atoms with Crippen molar-refractivity contribution < 1.29 is 23.9 Å². The Labute approximate surface area is 189 Å². The SMILES string of the molecule is O=C(COC(=O)CCSc1ccccc1)Nc1ccc2c(c1)C(=O)c1ccccc1C2=O. The average Bonchev–Trinajstić information content (AvgIpc) is 2.82. The highest BCUT2D eigenvalue weighted by Gasteiger charge is 2.29. The van der Waals surface area contributed by atoms with Gasteiger partial charge in [-0.25, -0.2) is 0 Å². The number of esters is 1. The fraction of sp³-hybridized carbons (Fsp3) is 0.120. The molecule has 0 bridgehead atoms. The first-order chi connectivity index (χ1) is 15.5. The molecule has 3 aromatic rings. The zero-order chi connectivity index (χ0) is 22.5. The van der Waals surface area contributed by atoms with Crippen LogP contribution in [-0.2, 0) is 14.3 Å². The number of rotatable bonds is 7. The number of hydrogen-bond acceptors (Lipinski definition) is 6. The van der Waals surface area contributed by atoms with Crippen LogP contribution in [0.4, 0.5) is 5.69 Å². The zero-order valence-electron chi connectivity index (χ0n) is 17.0. The van der Waals surface area contributed by atoms with Crippen LogP contribution in [0.1, 0.15) is 38.3 Å². The molecule has 0 aromatic heterocycles. The molecule has 6 nitrogen and oxygen atoms in total. The largest absolute Gasteiger partial charge is 0.456 e. The number of amides is 1. The number of nitrogens with one attached hydrogen (secondary N) is 1. The molecular formula is C25H19NO5S. The Hall–Kier alpha value is -3.71. The van der Waals surface area contributed by atoms with E-state index in [1.165, 1.54) is 23.9 Å². The van der Waals surface area contributed by atoms with Crippen molar-refractivity contribution in [3.8, 4) is 0 Å². The maximum Gasteiger partial charge on any atom is 0.307 e. The lowest BCUT2D eigenvalue weighted by molar-refractivity contribution is -0.146. The van der Waals surface area contributed by atoms with Gasteiger partial charge in [-0.1, -0.05) is 42.5 Å². The molecule has 32 heavy (non-hydrogen) atoms. The first-order valence-electron chi connectivity index (χ1n) is 9.99. The van der Waals surface area contributed by atoms with Crippen molar-refractivity contribution >= 4 is 40.9 Å². The molecule has 1 aliphatic rings. The smallest absolute Gasteiger partial charge is 0.307 e. The van der Waals surface area contributed by atoms with Crippen LogP contribution in [0.5, 0.6) is 0 Å². The fourth-order valence-electron chi connectivity index (χ4n) is 3.36. The number of thioether (sulfide) groups is 1. The summed E-state index contributed by atoms with van der Waals surface area (Å²) in [6.45, 7) is -0.429. The summed E-state index contributed by atoms with van der Waals surface area (Å²) >= 11 is 1.53. The van der Waals surface area contributed by atoms with Crippen LogP contribution >= 0.6 is 11.8 Å². The summed E-state index contributed by atoms with van der Waals surface area (Å²) < 4.78 is 5.03. The number of fused-ring (bicyclic) bond motifs is 2. The summed E-state index contributed by atoms with van der Waals surface area (Å²) in [5.41, 5.74) is 1.61. The molecule has 0 saturated heterocycles. The molecular weight excluding hydrogens is 426 g/mol. The quantitative estimate of drug-likeness (QED) is 0.340. The van der Waals surface area contributed by atoms with Crippen molar-refractivity contribution in [2.45, 2.75) is 11.3 Å². The van der Waals surface area contributed by atoms with Crippen LogP contribution in [-0.4, -0.2) is 35.8 Å². The van der Waals surface area contributed by atoms with Gasteiger partial charge in [0.15, 0.2) is 18.2 Å². The Bertz CT molecular complexity index is 1210. The first-order valence-corrected chi connectivity index (χ1v) is 11.0. The molecule has 160 valence electrons. The summed E-state index contributed by atoms with van der Waals surface area (Å²) in [6.07, 6.45) is 0.182. The predicted molar refractivity (Wildman–Crippen MR) is 121 cm³/mol. The molecule has 0 aliphatic heterocycles. The second kappa shape index (κ2) is 9.62. The van der Waals surface area contributed by atoms with Crippen LogP contribution in [0, 0.1) is 0 Å². The van der Waals surface area contributed by atoms with E-state index in [-0.39, 0.29) is 23.6 Å². The van der Waals surface area contributed by atoms with Crippen molar-refractivity contribution in [2.75, 3.05) is 17.7 Å². The number of carbonyl (C=O) groups excluding carboxylic acids is 4. The van der Waals surface area contributed by atoms with Gasteiger partial charge in [0.05, 0.1) is 6.42 Å². The first kappa shape index (κ1) is 21.5. The van der Waals surface area contributed by atoms with Gasteiger partial charge in [0.2, 0.25) is 0 Å². The predicted octanol–water partition coefficient (Wildman–Crippen LogP) is 4.13. The van der Waals surface area contributed by atoms with E-state index in [2.05, 4.69) is 5.32 Å².